The Labute approximate surface area is 134 Å². The van der Waals surface area contributed by atoms with Gasteiger partial charge in [0.1, 0.15) is 17.7 Å². The Morgan fingerprint density at radius 1 is 1.12 bits per heavy atom. The predicted molar refractivity (Wildman–Crippen MR) is 31.9 cm³/mol. The van der Waals surface area contributed by atoms with Crippen LogP contribution in [0.1, 0.15) is 0 Å². The van der Waals surface area contributed by atoms with Crippen LogP contribution in [-0.4, -0.2) is 103 Å². The van der Waals surface area contributed by atoms with Crippen LogP contribution in [0.3, 0.4) is 0 Å². The number of rotatable bonds is 0. The normalized spacial score (nSPS) is 3.75. The van der Waals surface area contributed by atoms with Crippen molar-refractivity contribution in [3.8, 4) is 12.1 Å². The van der Waals surface area contributed by atoms with Gasteiger partial charge in [0.15, 0.2) is 0 Å². The van der Waals surface area contributed by atoms with E-state index in [1.165, 1.54) is 0 Å². The minimum atomic E-state index is -0.0463. The van der Waals surface area contributed by atoms with E-state index in [-0.39, 0.29) is 108 Å². The van der Waals surface area contributed by atoms with Crippen LogP contribution in [0.5, 0.6) is 0 Å². The molecule has 0 spiro atoms. The minimum Gasteiger partial charge on any atom is -0.192 e. The molecular weight excluding hydrogens is 154 g/mol. The summed E-state index contributed by atoms with van der Waals surface area (Å²) in [7, 11) is 0. The Morgan fingerprint density at radius 2 is 1.38 bits per heavy atom. The molecule has 0 saturated heterocycles. The fraction of sp³-hybridized carbons (Fsp3) is 0. The second-order valence-electron chi connectivity index (χ2n) is 0.702. The molecule has 0 heterocycles. The van der Waals surface area contributed by atoms with Gasteiger partial charge in [-0.15, -0.1) is 0 Å². The Kier molecular flexibility index (Phi) is 24.3. The van der Waals surface area contributed by atoms with E-state index >= 15 is 0 Å². The van der Waals surface area contributed by atoms with Crippen LogP contribution >= 0.6 is 0 Å². The van der Waals surface area contributed by atoms with Gasteiger partial charge in [-0.1, -0.05) is 6.58 Å². The maximum absolute atomic E-state index is 7.76. The van der Waals surface area contributed by atoms with E-state index in [0.717, 1.165) is 0 Å². The van der Waals surface area contributed by atoms with E-state index in [1.807, 2.05) is 0 Å². The van der Waals surface area contributed by atoms with Gasteiger partial charge in [-0.2, -0.15) is 10.5 Å². The van der Waals surface area contributed by atoms with Crippen LogP contribution in [-0.2, 0) is 0 Å². The van der Waals surface area contributed by atoms with Gasteiger partial charge in [0.25, 0.3) is 0 Å². The Balaban J connectivity index is -0.000000125. The zero-order valence-electron chi connectivity index (χ0n) is 5.10. The third kappa shape index (κ3) is 10.9. The molecule has 0 aliphatic heterocycles. The maximum atomic E-state index is 7.76. The summed E-state index contributed by atoms with van der Waals surface area (Å²) >= 11 is 0. The molecule has 0 amide bonds. The molecule has 0 aromatic rings. The van der Waals surface area contributed by atoms with Crippen LogP contribution in [0.15, 0.2) is 12.2 Å². The number of nitrogens with zero attached hydrogens (tertiary/aromatic N) is 2. The second-order valence-corrected chi connectivity index (χ2v) is 0.702. The standard InChI is InChI=1S/C4H2N2.2K/c1-4(2-5)3-6;;/h1H2;;. The Bertz CT molecular complexity index is 123. The Hall–Kier alpha value is 1.99. The topological polar surface area (TPSA) is 47.6 Å². The van der Waals surface area contributed by atoms with Gasteiger partial charge in [0, 0.05) is 103 Å². The van der Waals surface area contributed by atoms with Crippen molar-refractivity contribution in [2.75, 3.05) is 0 Å². The van der Waals surface area contributed by atoms with Gasteiger partial charge in [0.2, 0.25) is 0 Å². The Morgan fingerprint density at radius 3 is 1.38 bits per heavy atom. The monoisotopic (exact) mass is 156 g/mol. The molecule has 4 heteroatoms. The molecule has 8 heavy (non-hydrogen) atoms. The molecule has 0 fully saturated rings. The first-order chi connectivity index (χ1) is 2.81. The van der Waals surface area contributed by atoms with E-state index in [1.54, 1.807) is 12.1 Å². The van der Waals surface area contributed by atoms with Crippen molar-refractivity contribution >= 4 is 103 Å². The first-order valence-corrected chi connectivity index (χ1v) is 1.30. The average Bonchev–Trinajstić information content (AvgIpc) is 1.65. The van der Waals surface area contributed by atoms with Crippen molar-refractivity contribution < 1.29 is 0 Å². The zero-order chi connectivity index (χ0) is 4.99. The molecule has 2 radical (unpaired) electrons. The molecule has 0 aromatic carbocycles. The summed E-state index contributed by atoms with van der Waals surface area (Å²) < 4.78 is 0. The van der Waals surface area contributed by atoms with Gasteiger partial charge >= 0.3 is 0 Å². The fourth-order valence-corrected chi connectivity index (χ4v) is 0.0250. The molecule has 0 atom stereocenters. The first-order valence-electron chi connectivity index (χ1n) is 1.30. The predicted octanol–water partition coefficient (Wildman–Crippen LogP) is -0.172. The van der Waals surface area contributed by atoms with Crippen molar-refractivity contribution in [3.05, 3.63) is 12.2 Å². The third-order valence-electron chi connectivity index (χ3n) is 0.270. The van der Waals surface area contributed by atoms with Crippen LogP contribution in [0, 0.1) is 22.7 Å². The molecule has 0 rings (SSSR count). The summed E-state index contributed by atoms with van der Waals surface area (Å²) in [5.74, 6) is 0. The molecule has 30 valence electrons. The number of nitriles is 2. The summed E-state index contributed by atoms with van der Waals surface area (Å²) in [5, 5.41) is 15.5. The largest absolute Gasteiger partial charge is 0.192 e. The number of allylic oxidation sites excluding steroid dienone is 1. The van der Waals surface area contributed by atoms with E-state index in [4.69, 9.17) is 10.5 Å². The van der Waals surface area contributed by atoms with Crippen LogP contribution in [0.2, 0.25) is 0 Å². The zero-order valence-corrected chi connectivity index (χ0v) is 11.3. The van der Waals surface area contributed by atoms with Gasteiger partial charge in [-0.3, -0.25) is 0 Å². The van der Waals surface area contributed by atoms with Crippen molar-refractivity contribution in [3.63, 3.8) is 0 Å². The van der Waals surface area contributed by atoms with Gasteiger partial charge in [-0.05, 0) is 0 Å². The number of hydrogen-bond donors (Lipinski definition) is 0. The van der Waals surface area contributed by atoms with E-state index in [0.29, 0.717) is 0 Å². The quantitative estimate of drug-likeness (QED) is 0.361. The molecule has 0 bridgehead atoms. The van der Waals surface area contributed by atoms with Gasteiger partial charge in [-0.25, -0.2) is 0 Å². The summed E-state index contributed by atoms with van der Waals surface area (Å²) in [4.78, 5) is 0. The van der Waals surface area contributed by atoms with Crippen LogP contribution in [0.4, 0.5) is 0 Å². The molecule has 0 aliphatic rings. The molecule has 0 aromatic heterocycles. The molecule has 2 nitrogen and oxygen atoms in total. The first kappa shape index (κ1) is 16.5. The number of hydrogen-bond acceptors (Lipinski definition) is 2. The van der Waals surface area contributed by atoms with Crippen molar-refractivity contribution in [2.45, 2.75) is 0 Å². The summed E-state index contributed by atoms with van der Waals surface area (Å²) in [6.45, 7) is 3.07. The molecule has 0 N–H and O–H groups in total. The fourth-order valence-electron chi connectivity index (χ4n) is 0.0250. The molecule has 0 aliphatic carbocycles. The molecule has 0 saturated carbocycles. The van der Waals surface area contributed by atoms with Crippen molar-refractivity contribution in [1.29, 1.82) is 10.5 Å². The summed E-state index contributed by atoms with van der Waals surface area (Å²) in [5.41, 5.74) is -0.0463. The molecule has 0 unspecified atom stereocenters. The third-order valence-corrected chi connectivity index (χ3v) is 0.270. The summed E-state index contributed by atoms with van der Waals surface area (Å²) in [6, 6.07) is 3.12. The smallest absolute Gasteiger partial charge is 0.122 e. The minimum absolute atomic E-state index is 0. The average molecular weight is 156 g/mol. The SMILES string of the molecule is C=C(C#N)C#N.[K].[K]. The second kappa shape index (κ2) is 11.7. The van der Waals surface area contributed by atoms with Crippen LogP contribution in [0.25, 0.3) is 0 Å². The van der Waals surface area contributed by atoms with E-state index in [9.17, 15) is 0 Å². The van der Waals surface area contributed by atoms with Crippen molar-refractivity contribution in [1.82, 2.24) is 0 Å². The molecular formula is C4H2K2N2. The maximum Gasteiger partial charge on any atom is 0.122 e. The van der Waals surface area contributed by atoms with Gasteiger partial charge < -0.3 is 0 Å². The van der Waals surface area contributed by atoms with Crippen LogP contribution < -0.4 is 0 Å². The summed E-state index contributed by atoms with van der Waals surface area (Å²) in [6.07, 6.45) is 0. The van der Waals surface area contributed by atoms with Gasteiger partial charge in [0.05, 0.1) is 0 Å². The van der Waals surface area contributed by atoms with E-state index in [2.05, 4.69) is 6.58 Å². The van der Waals surface area contributed by atoms with Crippen molar-refractivity contribution in [2.24, 2.45) is 0 Å². The van der Waals surface area contributed by atoms with E-state index < -0.39 is 0 Å².